The molecule has 0 saturated heterocycles. The molecule has 0 amide bonds. The minimum atomic E-state index is -0.900. The molecule has 0 aromatic carbocycles. The van der Waals surface area contributed by atoms with Crippen LogP contribution in [-0.4, -0.2) is 16.5 Å². The zero-order chi connectivity index (χ0) is 9.07. The van der Waals surface area contributed by atoms with Crippen LogP contribution in [0, 0.1) is 10.8 Å². The van der Waals surface area contributed by atoms with Gasteiger partial charge in [-0.3, -0.25) is 0 Å². The highest BCUT2D eigenvalue weighted by molar-refractivity contribution is 5.93. The Morgan fingerprint density at radius 3 is 2.00 bits per heavy atom. The summed E-state index contributed by atoms with van der Waals surface area (Å²) in [5.41, 5.74) is -0.490. The van der Waals surface area contributed by atoms with Crippen LogP contribution in [0.15, 0.2) is 10.3 Å². The van der Waals surface area contributed by atoms with Crippen molar-refractivity contribution in [1.82, 2.24) is 0 Å². The van der Waals surface area contributed by atoms with E-state index in [-0.39, 0.29) is 5.92 Å². The van der Waals surface area contributed by atoms with Crippen molar-refractivity contribution in [2.45, 2.75) is 33.2 Å². The number of hydrogen-bond donors (Lipinski definition) is 1. The molecule has 1 N–H and O–H groups in total. The van der Waals surface area contributed by atoms with Gasteiger partial charge >= 0.3 is 0 Å². The van der Waals surface area contributed by atoms with Crippen molar-refractivity contribution in [2.24, 2.45) is 16.3 Å². The molecule has 0 aromatic heterocycles. The van der Waals surface area contributed by atoms with Crippen molar-refractivity contribution < 1.29 is 5.21 Å². The van der Waals surface area contributed by atoms with E-state index in [1.807, 2.05) is 13.8 Å². The summed E-state index contributed by atoms with van der Waals surface area (Å²) in [5.74, 6) is 0.0349. The van der Waals surface area contributed by atoms with Gasteiger partial charge < -0.3 is 5.21 Å². The van der Waals surface area contributed by atoms with E-state index >= 15 is 0 Å². The van der Waals surface area contributed by atoms with Crippen molar-refractivity contribution in [3.63, 3.8) is 0 Å². The Bertz CT molecular complexity index is 173. The molecule has 0 bridgehead atoms. The highest BCUT2D eigenvalue weighted by Gasteiger charge is 2.28. The van der Waals surface area contributed by atoms with E-state index in [4.69, 9.17) is 5.21 Å². The van der Waals surface area contributed by atoms with Gasteiger partial charge in [-0.15, -0.1) is 4.91 Å². The molecule has 0 aliphatic carbocycles. The first kappa shape index (κ1) is 10.1. The molecular weight excluding hydrogens is 144 g/mol. The van der Waals surface area contributed by atoms with Gasteiger partial charge in [-0.05, 0) is 19.8 Å². The van der Waals surface area contributed by atoms with Crippen LogP contribution in [-0.2, 0) is 0 Å². The molecule has 0 saturated carbocycles. The smallest absolute Gasteiger partial charge is 0.138 e. The molecule has 0 aromatic rings. The molecular formula is C7H14N2O2. The van der Waals surface area contributed by atoms with E-state index in [0.29, 0.717) is 5.71 Å². The quantitative estimate of drug-likeness (QED) is 0.295. The van der Waals surface area contributed by atoms with Gasteiger partial charge in [0.2, 0.25) is 0 Å². The second kappa shape index (κ2) is 3.46. The largest absolute Gasteiger partial charge is 0.411 e. The summed E-state index contributed by atoms with van der Waals surface area (Å²) >= 11 is 0. The average molecular weight is 158 g/mol. The lowest BCUT2D eigenvalue weighted by Crippen LogP contribution is -2.32. The first-order valence-electron chi connectivity index (χ1n) is 3.52. The van der Waals surface area contributed by atoms with Crippen molar-refractivity contribution in [1.29, 1.82) is 0 Å². The van der Waals surface area contributed by atoms with Crippen molar-refractivity contribution in [2.75, 3.05) is 0 Å². The fraction of sp³-hybridized carbons (Fsp3) is 0.857. The summed E-state index contributed by atoms with van der Waals surface area (Å²) < 4.78 is 0. The van der Waals surface area contributed by atoms with E-state index in [1.54, 1.807) is 13.8 Å². The molecule has 0 aliphatic rings. The maximum Gasteiger partial charge on any atom is 0.138 e. The Hall–Kier alpha value is -0.930. The average Bonchev–Trinajstić information content (AvgIpc) is 1.88. The zero-order valence-corrected chi connectivity index (χ0v) is 7.33. The van der Waals surface area contributed by atoms with Crippen LogP contribution in [0.4, 0.5) is 0 Å². The second-order valence-electron chi connectivity index (χ2n) is 3.29. The molecule has 0 atom stereocenters. The second-order valence-corrected chi connectivity index (χ2v) is 3.29. The van der Waals surface area contributed by atoms with Crippen LogP contribution in [0.25, 0.3) is 0 Å². The van der Waals surface area contributed by atoms with Crippen LogP contribution in [0.2, 0.25) is 0 Å². The lowest BCUT2D eigenvalue weighted by molar-refractivity contribution is 0.310. The van der Waals surface area contributed by atoms with Gasteiger partial charge in [0.05, 0.1) is 5.71 Å². The summed E-state index contributed by atoms with van der Waals surface area (Å²) in [6.45, 7) is 6.94. The van der Waals surface area contributed by atoms with Crippen LogP contribution in [0.5, 0.6) is 0 Å². The van der Waals surface area contributed by atoms with Crippen LogP contribution in [0.1, 0.15) is 27.7 Å². The molecule has 0 fully saturated rings. The van der Waals surface area contributed by atoms with Crippen LogP contribution >= 0.6 is 0 Å². The summed E-state index contributed by atoms with van der Waals surface area (Å²) in [6.07, 6.45) is 0. The molecule has 0 heterocycles. The Balaban J connectivity index is 4.65. The van der Waals surface area contributed by atoms with Crippen LogP contribution in [0.3, 0.4) is 0 Å². The third kappa shape index (κ3) is 2.29. The molecule has 4 heteroatoms. The lowest BCUT2D eigenvalue weighted by atomic mass is 9.91. The summed E-state index contributed by atoms with van der Waals surface area (Å²) in [4.78, 5) is 10.3. The molecule has 0 unspecified atom stereocenters. The van der Waals surface area contributed by atoms with E-state index < -0.39 is 5.54 Å². The van der Waals surface area contributed by atoms with Crippen molar-refractivity contribution in [3.05, 3.63) is 4.91 Å². The van der Waals surface area contributed by atoms with Crippen LogP contribution < -0.4 is 0 Å². The Morgan fingerprint density at radius 1 is 1.45 bits per heavy atom. The van der Waals surface area contributed by atoms with Gasteiger partial charge in [-0.1, -0.05) is 24.2 Å². The number of rotatable bonds is 3. The Kier molecular flexibility index (Phi) is 3.17. The van der Waals surface area contributed by atoms with Gasteiger partial charge in [-0.2, -0.15) is 0 Å². The maximum absolute atomic E-state index is 10.3. The summed E-state index contributed by atoms with van der Waals surface area (Å²) in [6, 6.07) is 0. The van der Waals surface area contributed by atoms with E-state index in [0.717, 1.165) is 0 Å². The third-order valence-electron chi connectivity index (χ3n) is 1.51. The highest BCUT2D eigenvalue weighted by atomic mass is 16.4. The molecule has 11 heavy (non-hydrogen) atoms. The number of nitrogens with zero attached hydrogens (tertiary/aromatic N) is 2. The molecule has 0 radical (unpaired) electrons. The van der Waals surface area contributed by atoms with E-state index in [9.17, 15) is 4.91 Å². The first-order chi connectivity index (χ1) is 4.95. The molecule has 0 rings (SSSR count). The lowest BCUT2D eigenvalue weighted by Gasteiger charge is -2.19. The van der Waals surface area contributed by atoms with Gasteiger partial charge in [0.1, 0.15) is 5.54 Å². The van der Waals surface area contributed by atoms with Gasteiger partial charge in [-0.25, -0.2) is 0 Å². The van der Waals surface area contributed by atoms with Gasteiger partial charge in [0.25, 0.3) is 0 Å². The Labute approximate surface area is 66.3 Å². The molecule has 64 valence electrons. The van der Waals surface area contributed by atoms with E-state index in [1.165, 1.54) is 0 Å². The SMILES string of the molecule is CC(C)/C(=N/O)C(C)(C)N=O. The number of nitroso groups, excluding NO2 is 1. The zero-order valence-electron chi connectivity index (χ0n) is 7.33. The number of oxime groups is 1. The van der Waals surface area contributed by atoms with Gasteiger partial charge in [0.15, 0.2) is 0 Å². The van der Waals surface area contributed by atoms with Crippen molar-refractivity contribution in [3.8, 4) is 0 Å². The van der Waals surface area contributed by atoms with E-state index in [2.05, 4.69) is 10.3 Å². The first-order valence-corrected chi connectivity index (χ1v) is 3.52. The minimum Gasteiger partial charge on any atom is -0.411 e. The number of hydrogen-bond acceptors (Lipinski definition) is 4. The molecule has 0 spiro atoms. The maximum atomic E-state index is 10.3. The standard InChI is InChI=1S/C7H14N2O2/c1-5(2)6(8-10)7(3,4)9-11/h5,10H,1-4H3/b8-6-. The third-order valence-corrected chi connectivity index (χ3v) is 1.51. The fourth-order valence-corrected chi connectivity index (χ4v) is 0.991. The van der Waals surface area contributed by atoms with Gasteiger partial charge in [0, 0.05) is 0 Å². The predicted octanol–water partition coefficient (Wildman–Crippen LogP) is 2.02. The summed E-state index contributed by atoms with van der Waals surface area (Å²) in [5, 5.41) is 14.5. The highest BCUT2D eigenvalue weighted by Crippen LogP contribution is 2.16. The monoisotopic (exact) mass is 158 g/mol. The normalized spacial score (nSPS) is 13.7. The molecule has 4 nitrogen and oxygen atoms in total. The topological polar surface area (TPSA) is 62.0 Å². The Morgan fingerprint density at radius 2 is 1.91 bits per heavy atom. The van der Waals surface area contributed by atoms with Crippen molar-refractivity contribution >= 4 is 5.71 Å². The molecule has 0 aliphatic heterocycles. The summed E-state index contributed by atoms with van der Waals surface area (Å²) in [7, 11) is 0. The predicted molar refractivity (Wildman–Crippen MR) is 43.9 cm³/mol. The minimum absolute atomic E-state index is 0.0349. The fourth-order valence-electron chi connectivity index (χ4n) is 0.991.